The number of benzene rings is 8. The summed E-state index contributed by atoms with van der Waals surface area (Å²) in [6.45, 7) is 16.2. The Balaban J connectivity index is 0.971. The van der Waals surface area contributed by atoms with Crippen molar-refractivity contribution in [2.75, 3.05) is 9.80 Å². The molecule has 0 bridgehead atoms. The van der Waals surface area contributed by atoms with Gasteiger partial charge in [-0.3, -0.25) is 0 Å². The number of para-hydroxylation sites is 4. The molecule has 0 spiro atoms. The normalized spacial score (nSPS) is 13.6. The van der Waals surface area contributed by atoms with Crippen molar-refractivity contribution in [1.29, 1.82) is 0 Å². The Kier molecular flexibility index (Phi) is 10.7. The Labute approximate surface area is 424 Å². The maximum absolute atomic E-state index is 5.52. The van der Waals surface area contributed by atoms with Gasteiger partial charge in [-0.25, -0.2) is 15.0 Å². The summed E-state index contributed by atoms with van der Waals surface area (Å²) in [6.07, 6.45) is 1.85. The molecule has 348 valence electrons. The van der Waals surface area contributed by atoms with Crippen LogP contribution in [0.4, 0.5) is 34.1 Å². The smallest absolute Gasteiger partial charge is 0.178 e. The van der Waals surface area contributed by atoms with Gasteiger partial charge in [-0.1, -0.05) is 162 Å². The van der Waals surface area contributed by atoms with E-state index in [0.29, 0.717) is 5.65 Å². The van der Waals surface area contributed by atoms with Crippen LogP contribution < -0.4 is 9.80 Å². The molecule has 2 aliphatic carbocycles. The average molecular weight is 946 g/mol. The molecule has 0 amide bonds. The van der Waals surface area contributed by atoms with Crippen LogP contribution in [0.1, 0.15) is 55.5 Å². The highest BCUT2D eigenvalue weighted by molar-refractivity contribution is 6.83. The fraction of sp³-hybridized carbons (Fsp3) is 0.136. The maximum Gasteiger partial charge on any atom is 0.178 e. The molecule has 10 aromatic rings. The lowest BCUT2D eigenvalue weighted by atomic mass is 9.81. The highest BCUT2D eigenvalue weighted by atomic mass is 28.3. The first-order valence-electron chi connectivity index (χ1n) is 24.9. The number of fused-ring (bicyclic) bond motifs is 7. The predicted molar refractivity (Wildman–Crippen MR) is 303 cm³/mol. The first-order valence-corrected chi connectivity index (χ1v) is 28.4. The largest absolute Gasteiger partial charge is 0.310 e. The quantitative estimate of drug-likeness (QED) is 0.112. The van der Waals surface area contributed by atoms with E-state index in [1.54, 1.807) is 0 Å². The second kappa shape index (κ2) is 17.2. The van der Waals surface area contributed by atoms with Gasteiger partial charge in [-0.2, -0.15) is 0 Å². The van der Waals surface area contributed by atoms with Crippen LogP contribution in [0.2, 0.25) is 19.6 Å². The van der Waals surface area contributed by atoms with Crippen molar-refractivity contribution < 1.29 is 0 Å². The van der Waals surface area contributed by atoms with E-state index in [9.17, 15) is 0 Å². The second-order valence-corrected chi connectivity index (χ2v) is 26.0. The molecule has 12 rings (SSSR count). The van der Waals surface area contributed by atoms with E-state index in [4.69, 9.17) is 15.0 Å². The Morgan fingerprint density at radius 1 is 0.403 bits per heavy atom. The lowest BCUT2D eigenvalue weighted by Crippen LogP contribution is -2.17. The first-order chi connectivity index (χ1) is 34.8. The van der Waals surface area contributed by atoms with Crippen LogP contribution in [0.3, 0.4) is 0 Å². The molecular formula is C66H55N5Si. The van der Waals surface area contributed by atoms with Gasteiger partial charge in [0.05, 0.1) is 11.4 Å². The first kappa shape index (κ1) is 44.8. The fourth-order valence-corrected chi connectivity index (χ4v) is 11.4. The molecule has 5 nitrogen and oxygen atoms in total. The van der Waals surface area contributed by atoms with Gasteiger partial charge in [0.2, 0.25) is 0 Å². The van der Waals surface area contributed by atoms with Crippen molar-refractivity contribution in [1.82, 2.24) is 15.0 Å². The Bertz CT molecular complexity index is 3710. The number of aromatic nitrogens is 3. The Morgan fingerprint density at radius 3 is 1.18 bits per heavy atom. The number of nitrogens with zero attached hydrogens (tertiary/aromatic N) is 5. The minimum Gasteiger partial charge on any atom is -0.310 e. The average Bonchev–Trinajstić information content (AvgIpc) is 3.76. The van der Waals surface area contributed by atoms with Gasteiger partial charge in [0.1, 0.15) is 13.6 Å². The van der Waals surface area contributed by atoms with Gasteiger partial charge in [0.15, 0.2) is 5.65 Å². The van der Waals surface area contributed by atoms with Crippen LogP contribution in [0.15, 0.2) is 206 Å². The molecule has 2 heterocycles. The summed E-state index contributed by atoms with van der Waals surface area (Å²) < 4.78 is 0. The monoisotopic (exact) mass is 945 g/mol. The van der Waals surface area contributed by atoms with Crippen LogP contribution in [0.5, 0.6) is 0 Å². The molecule has 6 heteroatoms. The molecule has 72 heavy (non-hydrogen) atoms. The molecule has 8 aromatic carbocycles. The minimum atomic E-state index is -1.63. The summed E-state index contributed by atoms with van der Waals surface area (Å²) in [4.78, 5) is 20.6. The zero-order valence-corrected chi connectivity index (χ0v) is 42.9. The van der Waals surface area contributed by atoms with Crippen LogP contribution >= 0.6 is 0 Å². The van der Waals surface area contributed by atoms with Crippen LogP contribution in [-0.4, -0.2) is 23.0 Å². The zero-order valence-electron chi connectivity index (χ0n) is 41.9. The number of anilines is 6. The van der Waals surface area contributed by atoms with Crippen molar-refractivity contribution in [2.45, 2.75) is 58.2 Å². The summed E-state index contributed by atoms with van der Waals surface area (Å²) in [5, 5.41) is 0. The predicted octanol–water partition coefficient (Wildman–Crippen LogP) is 17.1. The molecule has 0 aliphatic heterocycles. The van der Waals surface area contributed by atoms with Gasteiger partial charge in [-0.15, -0.1) is 5.54 Å². The molecule has 2 aliphatic rings. The summed E-state index contributed by atoms with van der Waals surface area (Å²) in [5.41, 5.74) is 25.6. The van der Waals surface area contributed by atoms with Crippen molar-refractivity contribution in [2.24, 2.45) is 0 Å². The third kappa shape index (κ3) is 7.78. The SMILES string of the molecule is CC1(C)c2cc(-c3nc4cc(C#C[Si](C)(C)C)cnc4nc3-c3ccc4c(c3)C(C)(C)c3cc(N(c5ccccc5)c5ccccc5)ccc3-4)ccc2-c2ccc(N(c3ccccc3)c3ccccc3)cc21. The van der Waals surface area contributed by atoms with Crippen LogP contribution in [0.25, 0.3) is 55.9 Å². The Morgan fingerprint density at radius 2 is 0.778 bits per heavy atom. The van der Waals surface area contributed by atoms with Crippen molar-refractivity contribution >= 4 is 53.4 Å². The minimum absolute atomic E-state index is 0.304. The molecule has 0 unspecified atom stereocenters. The van der Waals surface area contributed by atoms with E-state index < -0.39 is 8.07 Å². The van der Waals surface area contributed by atoms with Gasteiger partial charge in [-0.05, 0) is 136 Å². The maximum atomic E-state index is 5.52. The number of rotatable bonds is 8. The van der Waals surface area contributed by atoms with Crippen molar-refractivity contribution in [3.8, 4) is 56.2 Å². The third-order valence-electron chi connectivity index (χ3n) is 14.5. The molecule has 0 radical (unpaired) electrons. The van der Waals surface area contributed by atoms with Crippen LogP contribution in [-0.2, 0) is 10.8 Å². The van der Waals surface area contributed by atoms with Gasteiger partial charge < -0.3 is 9.80 Å². The van der Waals surface area contributed by atoms with E-state index >= 15 is 0 Å². The standard InChI is InChI=1S/C66H55N5Si/c1-65(2)57-39-45(28-32-53(57)55-34-30-51(41-59(55)65)70(47-20-12-8-13-21-47)48-22-14-9-15-23-48)62-63(69-64-61(68-62)38-44(43-67-64)36-37-72(5,6)7)46-29-33-54-56-35-31-52(42-60(56)66(3,4)58(54)40-46)71(49-24-16-10-17-25-49)50-26-18-11-19-27-50/h8-35,38-43H,1-7H3. The summed E-state index contributed by atoms with van der Waals surface area (Å²) in [7, 11) is -1.63. The third-order valence-corrected chi connectivity index (χ3v) is 15.4. The number of pyridine rings is 1. The van der Waals surface area contributed by atoms with E-state index in [-0.39, 0.29) is 10.8 Å². The lowest BCUT2D eigenvalue weighted by Gasteiger charge is -2.28. The van der Waals surface area contributed by atoms with Crippen molar-refractivity contribution in [3.05, 3.63) is 234 Å². The summed E-state index contributed by atoms with van der Waals surface area (Å²) in [5.74, 6) is 3.42. The number of hydrogen-bond donors (Lipinski definition) is 0. The van der Waals surface area contributed by atoms with E-state index in [2.05, 4.69) is 269 Å². The van der Waals surface area contributed by atoms with E-state index in [1.165, 1.54) is 44.5 Å². The highest BCUT2D eigenvalue weighted by Gasteiger charge is 2.39. The molecule has 0 saturated carbocycles. The van der Waals surface area contributed by atoms with Gasteiger partial charge in [0.25, 0.3) is 0 Å². The molecular weight excluding hydrogens is 891 g/mol. The van der Waals surface area contributed by atoms with Gasteiger partial charge >= 0.3 is 0 Å². The molecule has 0 fully saturated rings. The fourth-order valence-electron chi connectivity index (χ4n) is 10.9. The van der Waals surface area contributed by atoms with E-state index in [0.717, 1.165) is 67.7 Å². The second-order valence-electron chi connectivity index (χ2n) is 21.2. The highest BCUT2D eigenvalue weighted by Crippen LogP contribution is 2.54. The molecule has 2 aromatic heterocycles. The zero-order chi connectivity index (χ0) is 49.4. The van der Waals surface area contributed by atoms with E-state index in [1.807, 2.05) is 6.20 Å². The van der Waals surface area contributed by atoms with Crippen molar-refractivity contribution in [3.63, 3.8) is 0 Å². The van der Waals surface area contributed by atoms with Crippen LogP contribution in [0, 0.1) is 11.5 Å². The molecule has 0 saturated heterocycles. The summed E-state index contributed by atoms with van der Waals surface area (Å²) >= 11 is 0. The number of hydrogen-bond acceptors (Lipinski definition) is 5. The topological polar surface area (TPSA) is 45.2 Å². The molecule has 0 N–H and O–H groups in total. The van der Waals surface area contributed by atoms with Gasteiger partial charge in [0, 0.05) is 67.8 Å². The summed E-state index contributed by atoms with van der Waals surface area (Å²) in [6, 6.07) is 72.2. The Hall–Kier alpha value is -8.37. The lowest BCUT2D eigenvalue weighted by molar-refractivity contribution is 0.660. The molecule has 0 atom stereocenters.